The van der Waals surface area contributed by atoms with Gasteiger partial charge in [-0.05, 0) is 55.0 Å². The summed E-state index contributed by atoms with van der Waals surface area (Å²) >= 11 is 3.49. The summed E-state index contributed by atoms with van der Waals surface area (Å²) in [5.74, 6) is 0. The van der Waals surface area contributed by atoms with Gasteiger partial charge in [0.2, 0.25) is 0 Å². The highest BCUT2D eigenvalue weighted by atomic mass is 79.9. The van der Waals surface area contributed by atoms with E-state index in [9.17, 15) is 4.79 Å². The Bertz CT molecular complexity index is 1350. The van der Waals surface area contributed by atoms with Crippen molar-refractivity contribution in [3.8, 4) is 16.9 Å². The van der Waals surface area contributed by atoms with E-state index >= 15 is 0 Å². The molecule has 2 aromatic carbocycles. The van der Waals surface area contributed by atoms with Gasteiger partial charge in [0.15, 0.2) is 0 Å². The van der Waals surface area contributed by atoms with Gasteiger partial charge in [-0.15, -0.1) is 0 Å². The van der Waals surface area contributed by atoms with Crippen LogP contribution in [-0.4, -0.2) is 14.8 Å². The number of pyridine rings is 1. The topological polar surface area (TPSA) is 47.8 Å². The molecule has 2 heterocycles. The van der Waals surface area contributed by atoms with Crippen molar-refractivity contribution < 1.29 is 0 Å². The molecule has 0 amide bonds. The van der Waals surface area contributed by atoms with Crippen LogP contribution in [0.25, 0.3) is 27.7 Å². The number of halogens is 1. The first-order valence-electron chi connectivity index (χ1n) is 10.1. The molecular weight excluding hydrogens is 438 g/mol. The van der Waals surface area contributed by atoms with Crippen molar-refractivity contribution in [2.24, 2.45) is 5.41 Å². The zero-order valence-electron chi connectivity index (χ0n) is 17.2. The van der Waals surface area contributed by atoms with Crippen LogP contribution in [0.5, 0.6) is 0 Å². The van der Waals surface area contributed by atoms with Crippen LogP contribution in [0.4, 0.5) is 0 Å². The average molecular weight is 460 g/mol. The predicted octanol–water partition coefficient (Wildman–Crippen LogP) is 5.64. The molecule has 1 aliphatic carbocycles. The fourth-order valence-corrected chi connectivity index (χ4v) is 4.64. The second-order valence-electron chi connectivity index (χ2n) is 8.85. The van der Waals surface area contributed by atoms with E-state index in [4.69, 9.17) is 10.1 Å². The van der Waals surface area contributed by atoms with Crippen LogP contribution in [0.2, 0.25) is 0 Å². The third-order valence-electron chi connectivity index (χ3n) is 5.80. The van der Waals surface area contributed by atoms with E-state index in [2.05, 4.69) is 29.8 Å². The minimum Gasteiger partial charge on any atom is -0.267 e. The molecule has 5 heteroatoms. The first-order valence-corrected chi connectivity index (χ1v) is 10.9. The number of aryl methyl sites for hydroxylation is 1. The van der Waals surface area contributed by atoms with E-state index in [1.807, 2.05) is 61.5 Å². The van der Waals surface area contributed by atoms with Crippen LogP contribution < -0.4 is 5.56 Å². The monoisotopic (exact) mass is 459 g/mol. The Morgan fingerprint density at radius 1 is 1.00 bits per heavy atom. The molecule has 4 aromatic rings. The maximum Gasteiger partial charge on any atom is 0.279 e. The highest BCUT2D eigenvalue weighted by molar-refractivity contribution is 9.10. The van der Waals surface area contributed by atoms with Gasteiger partial charge in [-0.2, -0.15) is 9.78 Å². The van der Waals surface area contributed by atoms with E-state index < -0.39 is 0 Å². The molecule has 1 aliphatic rings. The van der Waals surface area contributed by atoms with Gasteiger partial charge >= 0.3 is 0 Å². The molecule has 0 N–H and O–H groups in total. The van der Waals surface area contributed by atoms with Crippen LogP contribution >= 0.6 is 15.9 Å². The molecule has 0 saturated heterocycles. The summed E-state index contributed by atoms with van der Waals surface area (Å²) in [6, 6.07) is 17.9. The molecule has 0 radical (unpaired) electrons. The van der Waals surface area contributed by atoms with Crippen molar-refractivity contribution in [1.29, 1.82) is 0 Å². The Morgan fingerprint density at radius 3 is 2.43 bits per heavy atom. The molecule has 5 rings (SSSR count). The third kappa shape index (κ3) is 3.18. The largest absolute Gasteiger partial charge is 0.279 e. The van der Waals surface area contributed by atoms with Gasteiger partial charge in [-0.3, -0.25) is 9.78 Å². The lowest BCUT2D eigenvalue weighted by atomic mass is 9.77. The molecular formula is C25H22BrN3O. The number of aromatic nitrogens is 3. The number of nitrogens with zero attached hydrogens (tertiary/aromatic N) is 3. The molecule has 0 atom stereocenters. The number of para-hydroxylation sites is 1. The zero-order valence-corrected chi connectivity index (χ0v) is 18.8. The molecule has 150 valence electrons. The molecule has 0 unspecified atom stereocenters. The van der Waals surface area contributed by atoms with Crippen molar-refractivity contribution in [2.75, 3.05) is 0 Å². The second kappa shape index (κ2) is 6.88. The Hall–Kier alpha value is -2.79. The number of hydrogen-bond acceptors (Lipinski definition) is 3. The smallest absolute Gasteiger partial charge is 0.267 e. The first-order chi connectivity index (χ1) is 14.3. The molecule has 0 aliphatic heterocycles. The summed E-state index contributed by atoms with van der Waals surface area (Å²) in [6.45, 7) is 6.48. The van der Waals surface area contributed by atoms with Crippen LogP contribution in [0.3, 0.4) is 0 Å². The summed E-state index contributed by atoms with van der Waals surface area (Å²) in [4.78, 5) is 18.6. The molecule has 0 spiro atoms. The quantitative estimate of drug-likeness (QED) is 0.389. The van der Waals surface area contributed by atoms with Crippen LogP contribution in [0, 0.1) is 12.3 Å². The summed E-state index contributed by atoms with van der Waals surface area (Å²) in [7, 11) is 0. The van der Waals surface area contributed by atoms with Crippen molar-refractivity contribution in [1.82, 2.24) is 14.8 Å². The van der Waals surface area contributed by atoms with E-state index in [1.165, 1.54) is 0 Å². The fourth-order valence-electron chi connectivity index (χ4n) is 4.37. The molecule has 0 bridgehead atoms. The summed E-state index contributed by atoms with van der Waals surface area (Å²) in [5, 5.41) is 6.46. The lowest BCUT2D eigenvalue weighted by molar-refractivity contribution is 0.345. The Kier molecular flexibility index (Phi) is 4.40. The van der Waals surface area contributed by atoms with E-state index in [1.54, 1.807) is 4.68 Å². The maximum atomic E-state index is 13.6. The highest BCUT2D eigenvalue weighted by Crippen LogP contribution is 2.37. The Labute approximate surface area is 183 Å². The minimum atomic E-state index is -0.0928. The second-order valence-corrected chi connectivity index (χ2v) is 9.77. The standard InChI is InChI=1S/C25H22BrN3O/c1-15-6-4-5-7-22(15)29-24(30)18-12-19(16-8-10-17(26)11-9-16)27-20-13-25(2,3)14-21(28-29)23(18)20/h4-12H,13-14H2,1-3H3. The van der Waals surface area contributed by atoms with Crippen molar-refractivity contribution in [3.05, 3.63) is 86.4 Å². The normalized spacial score (nSPS) is 14.8. The summed E-state index contributed by atoms with van der Waals surface area (Å²) in [6.07, 6.45) is 1.65. The van der Waals surface area contributed by atoms with Crippen molar-refractivity contribution in [2.45, 2.75) is 33.6 Å². The Balaban J connectivity index is 1.85. The lowest BCUT2D eigenvalue weighted by Gasteiger charge is -2.30. The molecule has 0 fully saturated rings. The SMILES string of the molecule is Cc1ccccc1-n1nc2c3c(nc(-c4ccc(Br)cc4)cc3c1=O)CC(C)(C)C2. The molecule has 4 nitrogen and oxygen atoms in total. The van der Waals surface area contributed by atoms with Gasteiger partial charge in [0, 0.05) is 15.4 Å². The van der Waals surface area contributed by atoms with Gasteiger partial charge in [0.1, 0.15) is 0 Å². The first kappa shape index (κ1) is 19.2. The van der Waals surface area contributed by atoms with Crippen LogP contribution in [0.1, 0.15) is 30.8 Å². The maximum absolute atomic E-state index is 13.6. The van der Waals surface area contributed by atoms with E-state index in [0.717, 1.165) is 56.6 Å². The van der Waals surface area contributed by atoms with Crippen molar-refractivity contribution in [3.63, 3.8) is 0 Å². The summed E-state index contributed by atoms with van der Waals surface area (Å²) in [5.41, 5.74) is 5.54. The number of hydrogen-bond donors (Lipinski definition) is 0. The molecule has 2 aromatic heterocycles. The predicted molar refractivity (Wildman–Crippen MR) is 124 cm³/mol. The van der Waals surface area contributed by atoms with Crippen molar-refractivity contribution >= 4 is 26.7 Å². The van der Waals surface area contributed by atoms with Gasteiger partial charge in [0.25, 0.3) is 5.56 Å². The minimum absolute atomic E-state index is 0.0340. The Morgan fingerprint density at radius 2 is 1.70 bits per heavy atom. The highest BCUT2D eigenvalue weighted by Gasteiger charge is 2.31. The molecule has 30 heavy (non-hydrogen) atoms. The third-order valence-corrected chi connectivity index (χ3v) is 6.33. The number of benzene rings is 2. The average Bonchev–Trinajstić information content (AvgIpc) is 2.70. The van der Waals surface area contributed by atoms with Crippen LogP contribution in [-0.2, 0) is 12.8 Å². The number of rotatable bonds is 2. The van der Waals surface area contributed by atoms with Gasteiger partial charge in [-0.1, -0.05) is 60.1 Å². The zero-order chi connectivity index (χ0) is 21.0. The fraction of sp³-hybridized carbons (Fsp3) is 0.240. The lowest BCUT2D eigenvalue weighted by Crippen LogP contribution is -2.31. The summed E-state index contributed by atoms with van der Waals surface area (Å²) < 4.78 is 2.59. The van der Waals surface area contributed by atoms with E-state index in [0.29, 0.717) is 5.39 Å². The van der Waals surface area contributed by atoms with Gasteiger partial charge in [-0.25, -0.2) is 0 Å². The van der Waals surface area contributed by atoms with Gasteiger partial charge < -0.3 is 0 Å². The van der Waals surface area contributed by atoms with Gasteiger partial charge in [0.05, 0.1) is 28.2 Å². The van der Waals surface area contributed by atoms with Crippen LogP contribution in [0.15, 0.2) is 63.9 Å². The molecule has 0 saturated carbocycles. The van der Waals surface area contributed by atoms with E-state index in [-0.39, 0.29) is 11.0 Å².